The van der Waals surface area contributed by atoms with Gasteiger partial charge in [-0.25, -0.2) is 0 Å². The zero-order valence-corrected chi connectivity index (χ0v) is 9.96. The van der Waals surface area contributed by atoms with E-state index in [2.05, 4.69) is 0 Å². The smallest absolute Gasteiger partial charge is 0.195 e. The highest BCUT2D eigenvalue weighted by atomic mass is 16.7. The average molecular weight is 272 g/mol. The molecule has 0 saturated carbocycles. The SMILES string of the molecule is OC[C@H]1O[C@@H](O)[C@H](Oc2ccc(O)cc2)[C@@H](O)[C@@H]1O. The van der Waals surface area contributed by atoms with Gasteiger partial charge in [-0.15, -0.1) is 0 Å². The van der Waals surface area contributed by atoms with Crippen molar-refractivity contribution in [1.82, 2.24) is 0 Å². The molecular formula is C12H16O7. The number of benzene rings is 1. The summed E-state index contributed by atoms with van der Waals surface area (Å²) in [7, 11) is 0. The van der Waals surface area contributed by atoms with E-state index in [-0.39, 0.29) is 5.75 Å². The number of hydrogen-bond donors (Lipinski definition) is 5. The lowest BCUT2D eigenvalue weighted by Gasteiger charge is -2.39. The minimum atomic E-state index is -1.48. The Hall–Kier alpha value is -1.38. The maximum atomic E-state index is 9.85. The molecule has 1 aliphatic heterocycles. The van der Waals surface area contributed by atoms with Crippen molar-refractivity contribution in [3.05, 3.63) is 24.3 Å². The van der Waals surface area contributed by atoms with Gasteiger partial charge in [-0.1, -0.05) is 0 Å². The molecule has 1 saturated heterocycles. The van der Waals surface area contributed by atoms with E-state index in [1.54, 1.807) is 0 Å². The van der Waals surface area contributed by atoms with Crippen LogP contribution in [0.25, 0.3) is 0 Å². The highest BCUT2D eigenvalue weighted by Crippen LogP contribution is 2.25. The lowest BCUT2D eigenvalue weighted by atomic mass is 9.99. The molecule has 0 amide bonds. The third-order valence-electron chi connectivity index (χ3n) is 2.95. The maximum Gasteiger partial charge on any atom is 0.195 e. The zero-order valence-electron chi connectivity index (χ0n) is 9.96. The molecule has 2 rings (SSSR count). The van der Waals surface area contributed by atoms with Gasteiger partial charge in [0.2, 0.25) is 0 Å². The highest BCUT2D eigenvalue weighted by molar-refractivity contribution is 5.30. The molecule has 1 fully saturated rings. The molecule has 0 aromatic heterocycles. The predicted molar refractivity (Wildman–Crippen MR) is 62.5 cm³/mol. The average Bonchev–Trinajstić information content (AvgIpc) is 2.41. The number of hydrogen-bond acceptors (Lipinski definition) is 7. The van der Waals surface area contributed by atoms with E-state index in [1.165, 1.54) is 24.3 Å². The van der Waals surface area contributed by atoms with E-state index >= 15 is 0 Å². The molecule has 1 aromatic rings. The van der Waals surface area contributed by atoms with Crippen molar-refractivity contribution in [2.45, 2.75) is 30.7 Å². The molecule has 5 atom stereocenters. The highest BCUT2D eigenvalue weighted by Gasteiger charge is 2.45. The minimum absolute atomic E-state index is 0.0497. The van der Waals surface area contributed by atoms with Crippen LogP contribution in [0, 0.1) is 0 Å². The molecule has 0 unspecified atom stereocenters. The standard InChI is InChI=1S/C12H16O7/c13-5-8-9(15)10(16)11(12(17)19-8)18-7-3-1-6(14)2-4-7/h1-4,8-17H,5H2/t8-,9-,10+,11-,12-/m1/s1. The summed E-state index contributed by atoms with van der Waals surface area (Å²) in [6.45, 7) is -0.527. The largest absolute Gasteiger partial charge is 0.508 e. The normalized spacial score (nSPS) is 35.1. The first-order valence-corrected chi connectivity index (χ1v) is 5.79. The number of aliphatic hydroxyl groups excluding tert-OH is 4. The summed E-state index contributed by atoms with van der Waals surface area (Å²) in [6.07, 6.45) is -6.51. The van der Waals surface area contributed by atoms with Crippen LogP contribution in [-0.2, 0) is 4.74 Å². The van der Waals surface area contributed by atoms with Crippen LogP contribution in [0.2, 0.25) is 0 Å². The summed E-state index contributed by atoms with van der Waals surface area (Å²) in [5, 5.41) is 47.3. The van der Waals surface area contributed by atoms with Crippen LogP contribution in [-0.4, -0.2) is 62.8 Å². The summed E-state index contributed by atoms with van der Waals surface area (Å²) < 4.78 is 10.3. The van der Waals surface area contributed by atoms with Crippen molar-refractivity contribution in [3.8, 4) is 11.5 Å². The van der Waals surface area contributed by atoms with Gasteiger partial charge in [0.05, 0.1) is 6.61 Å². The summed E-state index contributed by atoms with van der Waals surface area (Å²) in [6, 6.07) is 5.65. The van der Waals surface area contributed by atoms with Crippen LogP contribution in [0.5, 0.6) is 11.5 Å². The fourth-order valence-corrected chi connectivity index (χ4v) is 1.88. The Balaban J connectivity index is 2.09. The second-order valence-corrected chi connectivity index (χ2v) is 4.31. The van der Waals surface area contributed by atoms with Crippen LogP contribution in [0.3, 0.4) is 0 Å². The molecule has 7 heteroatoms. The van der Waals surface area contributed by atoms with Gasteiger partial charge in [0, 0.05) is 0 Å². The van der Waals surface area contributed by atoms with Gasteiger partial charge in [0.1, 0.15) is 29.8 Å². The minimum Gasteiger partial charge on any atom is -0.508 e. The Morgan fingerprint density at radius 3 is 2.26 bits per heavy atom. The number of phenolic OH excluding ortho intramolecular Hbond substituents is 1. The Labute approximate surface area is 109 Å². The first kappa shape index (κ1) is 14.0. The van der Waals surface area contributed by atoms with E-state index in [0.717, 1.165) is 0 Å². The lowest BCUT2D eigenvalue weighted by Crippen LogP contribution is -2.60. The molecule has 1 aliphatic rings. The molecule has 1 aromatic carbocycles. The summed E-state index contributed by atoms with van der Waals surface area (Å²) in [4.78, 5) is 0. The van der Waals surface area contributed by atoms with Crippen molar-refractivity contribution < 1.29 is 35.0 Å². The van der Waals surface area contributed by atoms with E-state index < -0.39 is 37.3 Å². The van der Waals surface area contributed by atoms with Crippen molar-refractivity contribution in [2.75, 3.05) is 6.61 Å². The van der Waals surface area contributed by atoms with Crippen LogP contribution in [0.1, 0.15) is 0 Å². The number of aromatic hydroxyl groups is 1. The van der Waals surface area contributed by atoms with Crippen molar-refractivity contribution >= 4 is 0 Å². The monoisotopic (exact) mass is 272 g/mol. The molecule has 0 aliphatic carbocycles. The second kappa shape index (κ2) is 5.72. The quantitative estimate of drug-likeness (QED) is 0.457. The maximum absolute atomic E-state index is 9.85. The molecule has 0 radical (unpaired) electrons. The van der Waals surface area contributed by atoms with Gasteiger partial charge < -0.3 is 35.0 Å². The first-order valence-electron chi connectivity index (χ1n) is 5.79. The van der Waals surface area contributed by atoms with Crippen molar-refractivity contribution in [3.63, 3.8) is 0 Å². The van der Waals surface area contributed by atoms with E-state index in [4.69, 9.17) is 19.7 Å². The first-order chi connectivity index (χ1) is 9.02. The van der Waals surface area contributed by atoms with Crippen LogP contribution in [0.4, 0.5) is 0 Å². The van der Waals surface area contributed by atoms with E-state index in [0.29, 0.717) is 5.75 Å². The molecule has 1 heterocycles. The number of phenols is 1. The van der Waals surface area contributed by atoms with Gasteiger partial charge in [-0.05, 0) is 24.3 Å². The molecule has 0 bridgehead atoms. The fraction of sp³-hybridized carbons (Fsp3) is 0.500. The second-order valence-electron chi connectivity index (χ2n) is 4.31. The van der Waals surface area contributed by atoms with Gasteiger partial charge in [0.25, 0.3) is 0 Å². The number of aliphatic hydroxyl groups is 4. The lowest BCUT2D eigenvalue weighted by molar-refractivity contribution is -0.280. The molecule has 19 heavy (non-hydrogen) atoms. The van der Waals surface area contributed by atoms with Gasteiger partial charge >= 0.3 is 0 Å². The van der Waals surface area contributed by atoms with E-state index in [1.807, 2.05) is 0 Å². The Bertz CT molecular complexity index is 407. The van der Waals surface area contributed by atoms with Crippen molar-refractivity contribution in [2.24, 2.45) is 0 Å². The molecule has 0 spiro atoms. The third kappa shape index (κ3) is 2.96. The molecule has 5 N–H and O–H groups in total. The Morgan fingerprint density at radius 1 is 1.05 bits per heavy atom. The van der Waals surface area contributed by atoms with Crippen molar-refractivity contribution in [1.29, 1.82) is 0 Å². The number of rotatable bonds is 3. The predicted octanol–water partition coefficient (Wildman–Crippen LogP) is -1.43. The third-order valence-corrected chi connectivity index (χ3v) is 2.95. The summed E-state index contributed by atoms with van der Waals surface area (Å²) in [5.41, 5.74) is 0. The van der Waals surface area contributed by atoms with Gasteiger partial charge in [-0.2, -0.15) is 0 Å². The fourth-order valence-electron chi connectivity index (χ4n) is 1.88. The summed E-state index contributed by atoms with van der Waals surface area (Å²) >= 11 is 0. The Kier molecular flexibility index (Phi) is 4.23. The topological polar surface area (TPSA) is 120 Å². The molecule has 106 valence electrons. The molecular weight excluding hydrogens is 256 g/mol. The van der Waals surface area contributed by atoms with Crippen LogP contribution in [0.15, 0.2) is 24.3 Å². The van der Waals surface area contributed by atoms with E-state index in [9.17, 15) is 15.3 Å². The van der Waals surface area contributed by atoms with Gasteiger partial charge in [-0.3, -0.25) is 0 Å². The zero-order chi connectivity index (χ0) is 14.0. The molecule has 7 nitrogen and oxygen atoms in total. The number of ether oxygens (including phenoxy) is 2. The summed E-state index contributed by atoms with van der Waals surface area (Å²) in [5.74, 6) is 0.341. The Morgan fingerprint density at radius 2 is 1.68 bits per heavy atom. The van der Waals surface area contributed by atoms with Gasteiger partial charge in [0.15, 0.2) is 12.4 Å². The van der Waals surface area contributed by atoms with Crippen LogP contribution >= 0.6 is 0 Å². The van der Waals surface area contributed by atoms with Crippen LogP contribution < -0.4 is 4.74 Å².